The minimum Gasteiger partial charge on any atom is -0.357 e. The molecular formula is C20H20IN2O2+. The number of carbonyl (C=O) groups is 2. The van der Waals surface area contributed by atoms with Crippen molar-refractivity contribution in [2.75, 3.05) is 7.05 Å². The van der Waals surface area contributed by atoms with E-state index in [1.807, 2.05) is 12.1 Å². The maximum absolute atomic E-state index is 12.2. The summed E-state index contributed by atoms with van der Waals surface area (Å²) < 4.78 is 2.63. The van der Waals surface area contributed by atoms with Gasteiger partial charge in [0, 0.05) is 29.8 Å². The predicted molar refractivity (Wildman–Crippen MR) is 94.7 cm³/mol. The molecule has 0 aliphatic carbocycles. The molecule has 0 aliphatic heterocycles. The SMILES string of the molecule is CNC(=O)C(=O)c1c[nH]c2c([I+]c3c(C)cc(C)cc3C)cccc12. The van der Waals surface area contributed by atoms with E-state index in [4.69, 9.17) is 0 Å². The Hall–Kier alpha value is -2.15. The number of likely N-dealkylation sites (N-methyl/N-ethyl adjacent to an activating group) is 1. The van der Waals surface area contributed by atoms with Gasteiger partial charge in [0.2, 0.25) is 3.57 Å². The summed E-state index contributed by atoms with van der Waals surface area (Å²) in [5.74, 6) is -1.10. The third-order valence-electron chi connectivity index (χ3n) is 4.12. The van der Waals surface area contributed by atoms with Crippen molar-refractivity contribution in [3.8, 4) is 0 Å². The van der Waals surface area contributed by atoms with Crippen LogP contribution in [-0.4, -0.2) is 23.7 Å². The highest BCUT2D eigenvalue weighted by atomic mass is 127. The number of benzene rings is 2. The number of halogens is 1. The molecule has 0 fully saturated rings. The smallest absolute Gasteiger partial charge is 0.357 e. The second-order valence-electron chi connectivity index (χ2n) is 6.08. The number of aromatic amines is 1. The van der Waals surface area contributed by atoms with E-state index in [0.29, 0.717) is 5.56 Å². The van der Waals surface area contributed by atoms with Crippen LogP contribution in [0.5, 0.6) is 0 Å². The Morgan fingerprint density at radius 2 is 1.76 bits per heavy atom. The van der Waals surface area contributed by atoms with E-state index in [-0.39, 0.29) is 0 Å². The first kappa shape index (κ1) is 17.7. The number of amides is 1. The number of fused-ring (bicyclic) bond motifs is 1. The Kier molecular flexibility index (Phi) is 4.94. The highest BCUT2D eigenvalue weighted by molar-refractivity contribution is 6.44. The summed E-state index contributed by atoms with van der Waals surface area (Å²) >= 11 is -0.399. The molecule has 3 aromatic rings. The first-order valence-corrected chi connectivity index (χ1v) is 10.2. The number of nitrogens with one attached hydrogen (secondary N) is 2. The van der Waals surface area contributed by atoms with Crippen molar-refractivity contribution in [1.82, 2.24) is 10.3 Å². The summed E-state index contributed by atoms with van der Waals surface area (Å²) in [5.41, 5.74) is 5.30. The lowest BCUT2D eigenvalue weighted by atomic mass is 10.1. The molecule has 4 nitrogen and oxygen atoms in total. The van der Waals surface area contributed by atoms with Gasteiger partial charge < -0.3 is 10.3 Å². The predicted octanol–water partition coefficient (Wildman–Crippen LogP) is 0.150. The monoisotopic (exact) mass is 447 g/mol. The summed E-state index contributed by atoms with van der Waals surface area (Å²) in [5, 5.41) is 3.21. The van der Waals surface area contributed by atoms with E-state index >= 15 is 0 Å². The number of carbonyl (C=O) groups excluding carboxylic acids is 2. The molecule has 0 aliphatic rings. The number of rotatable bonds is 4. The Labute approximate surface area is 157 Å². The Morgan fingerprint density at radius 1 is 1.08 bits per heavy atom. The number of H-pyrrole nitrogens is 1. The third kappa shape index (κ3) is 3.33. The molecule has 2 aromatic carbocycles. The summed E-state index contributed by atoms with van der Waals surface area (Å²) in [6, 6.07) is 10.4. The van der Waals surface area contributed by atoms with Gasteiger partial charge in [0.15, 0.2) is 3.57 Å². The van der Waals surface area contributed by atoms with E-state index < -0.39 is 32.9 Å². The van der Waals surface area contributed by atoms with Crippen LogP contribution < -0.4 is 26.5 Å². The van der Waals surface area contributed by atoms with Crippen LogP contribution in [0.25, 0.3) is 10.9 Å². The third-order valence-corrected chi connectivity index (χ3v) is 7.84. The zero-order valence-corrected chi connectivity index (χ0v) is 16.8. The van der Waals surface area contributed by atoms with Gasteiger partial charge in [-0.2, -0.15) is 0 Å². The molecule has 1 heterocycles. The largest absolute Gasteiger partial charge is 0.360 e. The topological polar surface area (TPSA) is 62.0 Å². The van der Waals surface area contributed by atoms with Gasteiger partial charge in [-0.15, -0.1) is 0 Å². The van der Waals surface area contributed by atoms with Crippen LogP contribution in [-0.2, 0) is 4.79 Å². The van der Waals surface area contributed by atoms with Crippen LogP contribution >= 0.6 is 0 Å². The van der Waals surface area contributed by atoms with Crippen molar-refractivity contribution < 1.29 is 30.8 Å². The molecule has 2 N–H and O–H groups in total. The van der Waals surface area contributed by atoms with Crippen LogP contribution in [0.3, 0.4) is 0 Å². The van der Waals surface area contributed by atoms with E-state index in [2.05, 4.69) is 49.3 Å². The second kappa shape index (κ2) is 7.00. The van der Waals surface area contributed by atoms with Crippen molar-refractivity contribution in [2.45, 2.75) is 20.8 Å². The summed E-state index contributed by atoms with van der Waals surface area (Å²) in [6.45, 7) is 6.43. The van der Waals surface area contributed by atoms with Gasteiger partial charge in [-0.25, -0.2) is 0 Å². The van der Waals surface area contributed by atoms with E-state index in [0.717, 1.165) is 10.9 Å². The summed E-state index contributed by atoms with van der Waals surface area (Å²) in [4.78, 5) is 27.1. The maximum Gasteiger partial charge on any atom is 0.360 e. The van der Waals surface area contributed by atoms with Crippen LogP contribution in [0.2, 0.25) is 0 Å². The van der Waals surface area contributed by atoms with Crippen molar-refractivity contribution >= 4 is 22.6 Å². The number of aromatic nitrogens is 1. The van der Waals surface area contributed by atoms with Gasteiger partial charge in [0.1, 0.15) is 5.52 Å². The van der Waals surface area contributed by atoms with Crippen LogP contribution in [0.4, 0.5) is 0 Å². The van der Waals surface area contributed by atoms with Gasteiger partial charge >= 0.3 is 21.2 Å². The van der Waals surface area contributed by atoms with E-state index in [9.17, 15) is 9.59 Å². The molecule has 0 spiro atoms. The second-order valence-corrected chi connectivity index (χ2v) is 8.86. The Balaban J connectivity index is 2.06. The molecule has 5 heteroatoms. The lowest BCUT2D eigenvalue weighted by Gasteiger charge is -2.01. The Bertz CT molecular complexity index is 966. The lowest BCUT2D eigenvalue weighted by molar-refractivity contribution is -0.596. The van der Waals surface area contributed by atoms with Crippen LogP contribution in [0, 0.1) is 27.9 Å². The number of aryl methyl sites for hydroxylation is 3. The summed E-state index contributed by atoms with van der Waals surface area (Å²) in [6.07, 6.45) is 1.64. The first-order valence-electron chi connectivity index (χ1n) is 8.01. The first-order chi connectivity index (χ1) is 11.9. The molecule has 0 bridgehead atoms. The highest BCUT2D eigenvalue weighted by Gasteiger charge is 2.27. The lowest BCUT2D eigenvalue weighted by Crippen LogP contribution is -3.62. The molecule has 0 saturated heterocycles. The zero-order chi connectivity index (χ0) is 18.1. The van der Waals surface area contributed by atoms with Crippen molar-refractivity contribution in [1.29, 1.82) is 0 Å². The molecule has 0 atom stereocenters. The van der Waals surface area contributed by atoms with Gasteiger partial charge in [-0.3, -0.25) is 9.59 Å². The van der Waals surface area contributed by atoms with Gasteiger partial charge in [0.25, 0.3) is 11.7 Å². The number of Topliss-reactive ketones (excluding diaryl/α,β-unsaturated/α-hetero) is 1. The fraction of sp³-hybridized carbons (Fsp3) is 0.200. The van der Waals surface area contributed by atoms with E-state index in [1.54, 1.807) is 6.20 Å². The normalized spacial score (nSPS) is 10.9. The number of para-hydroxylation sites is 1. The van der Waals surface area contributed by atoms with Crippen molar-refractivity contribution in [2.24, 2.45) is 0 Å². The molecular weight excluding hydrogens is 427 g/mol. The zero-order valence-electron chi connectivity index (χ0n) is 14.7. The summed E-state index contributed by atoms with van der Waals surface area (Å²) in [7, 11) is 1.47. The molecule has 0 radical (unpaired) electrons. The minimum atomic E-state index is -0.591. The number of hydrogen-bond donors (Lipinski definition) is 2. The van der Waals surface area contributed by atoms with Crippen LogP contribution in [0.1, 0.15) is 27.0 Å². The highest BCUT2D eigenvalue weighted by Crippen LogP contribution is 2.18. The molecule has 1 amide bonds. The molecule has 0 saturated carbocycles. The fourth-order valence-corrected chi connectivity index (χ4v) is 5.88. The quantitative estimate of drug-likeness (QED) is 0.340. The molecule has 1 aromatic heterocycles. The molecule has 25 heavy (non-hydrogen) atoms. The van der Waals surface area contributed by atoms with E-state index in [1.165, 1.54) is 30.9 Å². The average Bonchev–Trinajstić information content (AvgIpc) is 3.01. The van der Waals surface area contributed by atoms with Gasteiger partial charge in [-0.1, -0.05) is 29.8 Å². The van der Waals surface area contributed by atoms with Crippen molar-refractivity contribution in [3.05, 3.63) is 65.9 Å². The number of ketones is 1. The van der Waals surface area contributed by atoms with Crippen molar-refractivity contribution in [3.63, 3.8) is 0 Å². The molecule has 3 rings (SSSR count). The van der Waals surface area contributed by atoms with Crippen LogP contribution in [0.15, 0.2) is 36.5 Å². The number of hydrogen-bond acceptors (Lipinski definition) is 2. The molecule has 128 valence electrons. The maximum atomic E-state index is 12.2. The standard InChI is InChI=1S/C20H19IN2O2/c1-11-8-12(2)17(13(3)9-11)21-16-7-5-6-14-15(10-23-18(14)16)19(24)20(25)22-4/h5-10H,1-4H3,(H-,22,23,24,25)/p+1. The Morgan fingerprint density at radius 3 is 2.40 bits per heavy atom. The molecule has 0 unspecified atom stereocenters. The fourth-order valence-electron chi connectivity index (χ4n) is 3.03. The van der Waals surface area contributed by atoms with Gasteiger partial charge in [0.05, 0.1) is 5.56 Å². The minimum absolute atomic E-state index is 0.399. The average molecular weight is 447 g/mol. The van der Waals surface area contributed by atoms with Gasteiger partial charge in [-0.05, 0) is 26.8 Å².